The third-order valence-corrected chi connectivity index (χ3v) is 4.85. The molecule has 1 heterocycles. The Hall–Kier alpha value is -3.28. The zero-order chi connectivity index (χ0) is 21.5. The normalized spacial score (nSPS) is 10.7. The Kier molecular flexibility index (Phi) is 7.12. The van der Waals surface area contributed by atoms with Crippen molar-refractivity contribution in [2.75, 3.05) is 19.8 Å². The van der Waals surface area contributed by atoms with E-state index < -0.39 is 0 Å². The van der Waals surface area contributed by atoms with Crippen LogP contribution in [0.3, 0.4) is 0 Å². The van der Waals surface area contributed by atoms with Crippen LogP contribution in [0.5, 0.6) is 11.5 Å². The van der Waals surface area contributed by atoms with E-state index in [9.17, 15) is 4.79 Å². The second-order valence-corrected chi connectivity index (χ2v) is 7.20. The highest BCUT2D eigenvalue weighted by molar-refractivity contribution is 5.96. The number of carbonyl (C=O) groups is 1. The summed E-state index contributed by atoms with van der Waals surface area (Å²) in [5, 5.41) is 7.49. The Morgan fingerprint density at radius 3 is 2.23 bits per heavy atom. The summed E-state index contributed by atoms with van der Waals surface area (Å²) in [4.78, 5) is 12.7. The van der Waals surface area contributed by atoms with Gasteiger partial charge in [0.15, 0.2) is 0 Å². The van der Waals surface area contributed by atoms with Gasteiger partial charge in [0.05, 0.1) is 31.0 Å². The molecule has 3 rings (SSSR count). The topological polar surface area (TPSA) is 65.4 Å². The van der Waals surface area contributed by atoms with E-state index in [1.54, 1.807) is 0 Å². The zero-order valence-corrected chi connectivity index (χ0v) is 18.1. The summed E-state index contributed by atoms with van der Waals surface area (Å²) in [6.45, 7) is 9.87. The standard InChI is InChI=1S/C24H29N3O3/c1-5-29-21-10-12-22(13-11-21)30-15-14-25-24(28)23-18(3)26-27(19(23)4)16-20-8-6-17(2)7-9-20/h6-13H,5,14-16H2,1-4H3,(H,25,28). The summed E-state index contributed by atoms with van der Waals surface area (Å²) >= 11 is 0. The van der Waals surface area contributed by atoms with E-state index in [1.165, 1.54) is 5.56 Å². The Morgan fingerprint density at radius 2 is 1.60 bits per heavy atom. The molecule has 0 saturated heterocycles. The van der Waals surface area contributed by atoms with Gasteiger partial charge in [-0.1, -0.05) is 29.8 Å². The molecule has 0 spiro atoms. The van der Waals surface area contributed by atoms with Gasteiger partial charge < -0.3 is 14.8 Å². The number of benzene rings is 2. The zero-order valence-electron chi connectivity index (χ0n) is 18.1. The fraction of sp³-hybridized carbons (Fsp3) is 0.333. The SMILES string of the molecule is CCOc1ccc(OCCNC(=O)c2c(C)nn(Cc3ccc(C)cc3)c2C)cc1. The number of rotatable bonds is 9. The first-order chi connectivity index (χ1) is 14.5. The average molecular weight is 408 g/mol. The summed E-state index contributed by atoms with van der Waals surface area (Å²) < 4.78 is 13.0. The molecule has 1 aromatic heterocycles. The molecule has 0 atom stereocenters. The van der Waals surface area contributed by atoms with E-state index >= 15 is 0 Å². The second kappa shape index (κ2) is 9.96. The molecular weight excluding hydrogens is 378 g/mol. The molecule has 0 saturated carbocycles. The minimum absolute atomic E-state index is 0.129. The van der Waals surface area contributed by atoms with Crippen molar-refractivity contribution in [2.45, 2.75) is 34.2 Å². The predicted octanol–water partition coefficient (Wildman–Crippen LogP) is 4.06. The number of carbonyl (C=O) groups excluding carboxylic acids is 1. The van der Waals surface area contributed by atoms with Gasteiger partial charge in [-0.3, -0.25) is 9.48 Å². The van der Waals surface area contributed by atoms with Gasteiger partial charge in [-0.2, -0.15) is 5.10 Å². The van der Waals surface area contributed by atoms with Crippen molar-refractivity contribution in [3.05, 3.63) is 76.6 Å². The molecule has 0 aliphatic carbocycles. The van der Waals surface area contributed by atoms with Crippen LogP contribution in [0.15, 0.2) is 48.5 Å². The monoisotopic (exact) mass is 407 g/mol. The maximum absolute atomic E-state index is 12.7. The number of aryl methyl sites for hydroxylation is 2. The van der Waals surface area contributed by atoms with E-state index in [1.807, 2.05) is 49.7 Å². The number of nitrogens with one attached hydrogen (secondary N) is 1. The van der Waals surface area contributed by atoms with Crippen LogP contribution in [0, 0.1) is 20.8 Å². The maximum atomic E-state index is 12.7. The number of ether oxygens (including phenoxy) is 2. The number of hydrogen-bond donors (Lipinski definition) is 1. The maximum Gasteiger partial charge on any atom is 0.255 e. The fourth-order valence-corrected chi connectivity index (χ4v) is 3.27. The summed E-state index contributed by atoms with van der Waals surface area (Å²) in [5.74, 6) is 1.42. The van der Waals surface area contributed by atoms with Crippen LogP contribution in [0.2, 0.25) is 0 Å². The lowest BCUT2D eigenvalue weighted by Crippen LogP contribution is -2.29. The van der Waals surface area contributed by atoms with Crippen molar-refractivity contribution in [1.82, 2.24) is 15.1 Å². The van der Waals surface area contributed by atoms with Gasteiger partial charge in [0, 0.05) is 5.69 Å². The third kappa shape index (κ3) is 5.41. The molecule has 0 radical (unpaired) electrons. The molecule has 1 amide bonds. The van der Waals surface area contributed by atoms with Crippen LogP contribution in [-0.2, 0) is 6.54 Å². The molecule has 0 aliphatic rings. The minimum Gasteiger partial charge on any atom is -0.494 e. The second-order valence-electron chi connectivity index (χ2n) is 7.20. The van der Waals surface area contributed by atoms with Crippen molar-refractivity contribution in [2.24, 2.45) is 0 Å². The van der Waals surface area contributed by atoms with Gasteiger partial charge in [0.1, 0.15) is 18.1 Å². The van der Waals surface area contributed by atoms with Crippen LogP contribution in [0.1, 0.15) is 39.8 Å². The van der Waals surface area contributed by atoms with Crippen LogP contribution in [-0.4, -0.2) is 35.4 Å². The van der Waals surface area contributed by atoms with E-state index in [-0.39, 0.29) is 5.91 Å². The van der Waals surface area contributed by atoms with Crippen molar-refractivity contribution in [3.63, 3.8) is 0 Å². The largest absolute Gasteiger partial charge is 0.494 e. The number of nitrogens with zero attached hydrogens (tertiary/aromatic N) is 2. The molecule has 0 fully saturated rings. The van der Waals surface area contributed by atoms with E-state index in [0.29, 0.717) is 31.9 Å². The Balaban J connectivity index is 1.53. The fourth-order valence-electron chi connectivity index (χ4n) is 3.27. The first-order valence-electron chi connectivity index (χ1n) is 10.2. The van der Waals surface area contributed by atoms with Gasteiger partial charge in [0.25, 0.3) is 5.91 Å². The van der Waals surface area contributed by atoms with Crippen LogP contribution < -0.4 is 14.8 Å². The smallest absolute Gasteiger partial charge is 0.255 e. The van der Waals surface area contributed by atoms with Gasteiger partial charge >= 0.3 is 0 Å². The lowest BCUT2D eigenvalue weighted by molar-refractivity contribution is 0.0945. The van der Waals surface area contributed by atoms with E-state index in [4.69, 9.17) is 9.47 Å². The summed E-state index contributed by atoms with van der Waals surface area (Å²) in [6, 6.07) is 15.8. The molecule has 0 unspecified atom stereocenters. The van der Waals surface area contributed by atoms with Gasteiger partial charge in [0.2, 0.25) is 0 Å². The lowest BCUT2D eigenvalue weighted by atomic mass is 10.1. The third-order valence-electron chi connectivity index (χ3n) is 4.85. The Labute approximate surface area is 177 Å². The lowest BCUT2D eigenvalue weighted by Gasteiger charge is -2.09. The van der Waals surface area contributed by atoms with Crippen LogP contribution >= 0.6 is 0 Å². The quantitative estimate of drug-likeness (QED) is 0.543. The first-order valence-corrected chi connectivity index (χ1v) is 10.2. The number of aromatic nitrogens is 2. The molecular formula is C24H29N3O3. The number of amides is 1. The molecule has 3 aromatic rings. The summed E-state index contributed by atoms with van der Waals surface area (Å²) in [5.41, 5.74) is 4.59. The van der Waals surface area contributed by atoms with Crippen molar-refractivity contribution in [3.8, 4) is 11.5 Å². The molecule has 1 N–H and O–H groups in total. The van der Waals surface area contributed by atoms with E-state index in [0.717, 1.165) is 28.5 Å². The van der Waals surface area contributed by atoms with Crippen molar-refractivity contribution >= 4 is 5.91 Å². The highest BCUT2D eigenvalue weighted by Gasteiger charge is 2.18. The van der Waals surface area contributed by atoms with Crippen LogP contribution in [0.4, 0.5) is 0 Å². The highest BCUT2D eigenvalue weighted by Crippen LogP contribution is 2.18. The molecule has 0 bridgehead atoms. The van der Waals surface area contributed by atoms with Crippen molar-refractivity contribution in [1.29, 1.82) is 0 Å². The molecule has 2 aromatic carbocycles. The van der Waals surface area contributed by atoms with Gasteiger partial charge in [-0.05, 0) is 57.5 Å². The Bertz CT molecular complexity index is 976. The average Bonchev–Trinajstić information content (AvgIpc) is 3.01. The number of hydrogen-bond acceptors (Lipinski definition) is 4. The van der Waals surface area contributed by atoms with Crippen molar-refractivity contribution < 1.29 is 14.3 Å². The molecule has 158 valence electrons. The molecule has 6 nitrogen and oxygen atoms in total. The summed E-state index contributed by atoms with van der Waals surface area (Å²) in [6.07, 6.45) is 0. The van der Waals surface area contributed by atoms with E-state index in [2.05, 4.69) is 41.6 Å². The predicted molar refractivity (Wildman–Crippen MR) is 117 cm³/mol. The Morgan fingerprint density at radius 1 is 0.967 bits per heavy atom. The highest BCUT2D eigenvalue weighted by atomic mass is 16.5. The molecule has 0 aliphatic heterocycles. The minimum atomic E-state index is -0.129. The molecule has 30 heavy (non-hydrogen) atoms. The van der Waals surface area contributed by atoms with Gasteiger partial charge in [-0.15, -0.1) is 0 Å². The summed E-state index contributed by atoms with van der Waals surface area (Å²) in [7, 11) is 0. The van der Waals surface area contributed by atoms with Crippen LogP contribution in [0.25, 0.3) is 0 Å². The van der Waals surface area contributed by atoms with Gasteiger partial charge in [-0.25, -0.2) is 0 Å². The first kappa shape index (κ1) is 21.4. The molecule has 6 heteroatoms.